The zero-order chi connectivity index (χ0) is 11.4. The normalized spacial score (nSPS) is 20.7. The second kappa shape index (κ2) is 5.12. The molecule has 1 aliphatic rings. The summed E-state index contributed by atoms with van der Waals surface area (Å²) in [6.07, 6.45) is 7.11. The smallest absolute Gasteiger partial charge is 0.310 e. The molecule has 2 heterocycles. The van der Waals surface area contributed by atoms with E-state index < -0.39 is 0 Å². The standard InChI is InChI=1S/C11H16N2O3/c1-15-11(14)6-9-7-12-13(8-9)10-4-2-3-5-16-10/h7-8,10H,2-6H2,1H3/t10-/m1/s1. The predicted octanol–water partition coefficient (Wildman–Crippen LogP) is 1.30. The van der Waals surface area contributed by atoms with Gasteiger partial charge < -0.3 is 9.47 Å². The molecule has 1 fully saturated rings. The molecule has 0 aliphatic carbocycles. The van der Waals surface area contributed by atoms with Crippen molar-refractivity contribution in [2.45, 2.75) is 31.9 Å². The molecule has 0 bridgehead atoms. The molecule has 1 aromatic heterocycles. The zero-order valence-electron chi connectivity index (χ0n) is 9.39. The van der Waals surface area contributed by atoms with Crippen LogP contribution in [-0.4, -0.2) is 29.5 Å². The Hall–Kier alpha value is -1.36. The lowest BCUT2D eigenvalue weighted by atomic mass is 10.2. The number of ether oxygens (including phenoxy) is 2. The van der Waals surface area contributed by atoms with Crippen LogP contribution < -0.4 is 0 Å². The van der Waals surface area contributed by atoms with E-state index in [-0.39, 0.29) is 18.6 Å². The highest BCUT2D eigenvalue weighted by Crippen LogP contribution is 2.21. The molecule has 16 heavy (non-hydrogen) atoms. The third-order valence-corrected chi connectivity index (χ3v) is 2.68. The minimum Gasteiger partial charge on any atom is -0.469 e. The van der Waals surface area contributed by atoms with Gasteiger partial charge in [0, 0.05) is 18.4 Å². The first-order valence-electron chi connectivity index (χ1n) is 5.51. The Balaban J connectivity index is 1.98. The Kier molecular flexibility index (Phi) is 3.56. The Labute approximate surface area is 94.3 Å². The van der Waals surface area contributed by atoms with E-state index in [4.69, 9.17) is 4.74 Å². The summed E-state index contributed by atoms with van der Waals surface area (Å²) in [5, 5.41) is 4.21. The fourth-order valence-electron chi connectivity index (χ4n) is 1.80. The minimum atomic E-state index is -0.246. The second-order valence-electron chi connectivity index (χ2n) is 3.90. The monoisotopic (exact) mass is 224 g/mol. The van der Waals surface area contributed by atoms with Gasteiger partial charge in [0.15, 0.2) is 0 Å². The maximum atomic E-state index is 11.1. The molecule has 88 valence electrons. The molecule has 0 amide bonds. The number of esters is 1. The summed E-state index contributed by atoms with van der Waals surface area (Å²) < 4.78 is 12.0. The number of carbonyl (C=O) groups is 1. The van der Waals surface area contributed by atoms with E-state index in [1.54, 1.807) is 10.9 Å². The van der Waals surface area contributed by atoms with E-state index in [2.05, 4.69) is 9.84 Å². The van der Waals surface area contributed by atoms with Crippen molar-refractivity contribution in [1.29, 1.82) is 0 Å². The molecular weight excluding hydrogens is 208 g/mol. The van der Waals surface area contributed by atoms with E-state index in [9.17, 15) is 4.79 Å². The lowest BCUT2D eigenvalue weighted by Crippen LogP contribution is -2.18. The van der Waals surface area contributed by atoms with Crippen LogP contribution in [0.3, 0.4) is 0 Å². The number of methoxy groups -OCH3 is 1. The Morgan fingerprint density at radius 2 is 2.56 bits per heavy atom. The fraction of sp³-hybridized carbons (Fsp3) is 0.636. The number of hydrogen-bond acceptors (Lipinski definition) is 4. The lowest BCUT2D eigenvalue weighted by molar-refractivity contribution is -0.139. The first-order valence-corrected chi connectivity index (χ1v) is 5.51. The average molecular weight is 224 g/mol. The molecule has 5 nitrogen and oxygen atoms in total. The molecule has 1 saturated heterocycles. The molecule has 1 atom stereocenters. The largest absolute Gasteiger partial charge is 0.469 e. The molecule has 0 saturated carbocycles. The summed E-state index contributed by atoms with van der Waals surface area (Å²) in [5.41, 5.74) is 0.862. The van der Waals surface area contributed by atoms with E-state index in [1.807, 2.05) is 6.20 Å². The highest BCUT2D eigenvalue weighted by molar-refractivity contribution is 5.72. The van der Waals surface area contributed by atoms with Crippen LogP contribution in [-0.2, 0) is 20.7 Å². The highest BCUT2D eigenvalue weighted by Gasteiger charge is 2.16. The Morgan fingerprint density at radius 3 is 3.25 bits per heavy atom. The predicted molar refractivity (Wildman–Crippen MR) is 56.8 cm³/mol. The molecule has 0 radical (unpaired) electrons. The van der Waals surface area contributed by atoms with Gasteiger partial charge in [0.05, 0.1) is 19.7 Å². The summed E-state index contributed by atoms with van der Waals surface area (Å²) in [6, 6.07) is 0. The molecule has 5 heteroatoms. The third kappa shape index (κ3) is 2.61. The van der Waals surface area contributed by atoms with Crippen LogP contribution >= 0.6 is 0 Å². The first kappa shape index (κ1) is 11.1. The highest BCUT2D eigenvalue weighted by atomic mass is 16.5. The van der Waals surface area contributed by atoms with Gasteiger partial charge in [-0.05, 0) is 19.3 Å². The summed E-state index contributed by atoms with van der Waals surface area (Å²) in [4.78, 5) is 11.1. The van der Waals surface area contributed by atoms with E-state index in [1.165, 1.54) is 7.11 Å². The van der Waals surface area contributed by atoms with Gasteiger partial charge >= 0.3 is 5.97 Å². The van der Waals surface area contributed by atoms with Gasteiger partial charge in [-0.3, -0.25) is 4.79 Å². The number of aromatic nitrogens is 2. The number of rotatable bonds is 3. The van der Waals surface area contributed by atoms with Gasteiger partial charge in [0.2, 0.25) is 0 Å². The van der Waals surface area contributed by atoms with Crippen LogP contribution in [0.2, 0.25) is 0 Å². The van der Waals surface area contributed by atoms with Crippen molar-refractivity contribution in [1.82, 2.24) is 9.78 Å². The van der Waals surface area contributed by atoms with Gasteiger partial charge in [-0.1, -0.05) is 0 Å². The van der Waals surface area contributed by atoms with Crippen molar-refractivity contribution in [3.05, 3.63) is 18.0 Å². The summed E-state index contributed by atoms with van der Waals surface area (Å²) in [7, 11) is 1.39. The van der Waals surface area contributed by atoms with Crippen LogP contribution in [0.15, 0.2) is 12.4 Å². The topological polar surface area (TPSA) is 53.3 Å². The lowest BCUT2D eigenvalue weighted by Gasteiger charge is -2.22. The second-order valence-corrected chi connectivity index (χ2v) is 3.90. The maximum Gasteiger partial charge on any atom is 0.310 e. The van der Waals surface area contributed by atoms with E-state index in [0.29, 0.717) is 0 Å². The first-order chi connectivity index (χ1) is 7.79. The van der Waals surface area contributed by atoms with Gasteiger partial charge in [-0.2, -0.15) is 5.10 Å². The average Bonchev–Trinajstić information content (AvgIpc) is 2.78. The molecule has 0 N–H and O–H groups in total. The van der Waals surface area contributed by atoms with Crippen LogP contribution in [0.25, 0.3) is 0 Å². The fourth-order valence-corrected chi connectivity index (χ4v) is 1.80. The Morgan fingerprint density at radius 1 is 1.69 bits per heavy atom. The van der Waals surface area contributed by atoms with Crippen molar-refractivity contribution in [3.8, 4) is 0 Å². The Bertz CT molecular complexity index is 356. The number of carbonyl (C=O) groups excluding carboxylic acids is 1. The van der Waals surface area contributed by atoms with Crippen LogP contribution in [0.5, 0.6) is 0 Å². The zero-order valence-corrected chi connectivity index (χ0v) is 9.39. The molecule has 1 aromatic rings. The molecule has 0 spiro atoms. The van der Waals surface area contributed by atoms with E-state index >= 15 is 0 Å². The summed E-state index contributed by atoms with van der Waals surface area (Å²) in [6.45, 7) is 0.789. The van der Waals surface area contributed by atoms with Crippen LogP contribution in [0, 0.1) is 0 Å². The van der Waals surface area contributed by atoms with Gasteiger partial charge in [-0.15, -0.1) is 0 Å². The number of nitrogens with zero attached hydrogens (tertiary/aromatic N) is 2. The quantitative estimate of drug-likeness (QED) is 0.726. The van der Waals surface area contributed by atoms with Crippen molar-refractivity contribution < 1.29 is 14.3 Å². The summed E-state index contributed by atoms with van der Waals surface area (Å²) >= 11 is 0. The van der Waals surface area contributed by atoms with Gasteiger partial charge in [0.1, 0.15) is 6.23 Å². The molecule has 0 aromatic carbocycles. The van der Waals surface area contributed by atoms with Crippen LogP contribution in [0.4, 0.5) is 0 Å². The van der Waals surface area contributed by atoms with Crippen molar-refractivity contribution in [2.75, 3.05) is 13.7 Å². The molecule has 2 rings (SSSR count). The van der Waals surface area contributed by atoms with Crippen molar-refractivity contribution in [2.24, 2.45) is 0 Å². The van der Waals surface area contributed by atoms with Crippen LogP contribution in [0.1, 0.15) is 31.1 Å². The number of hydrogen-bond donors (Lipinski definition) is 0. The SMILES string of the molecule is COC(=O)Cc1cnn([C@H]2CCCCO2)c1. The third-order valence-electron chi connectivity index (χ3n) is 2.68. The molecule has 1 aliphatic heterocycles. The van der Waals surface area contributed by atoms with Crippen molar-refractivity contribution in [3.63, 3.8) is 0 Å². The van der Waals surface area contributed by atoms with E-state index in [0.717, 1.165) is 31.4 Å². The minimum absolute atomic E-state index is 0.0279. The molecule has 0 unspecified atom stereocenters. The maximum absolute atomic E-state index is 11.1. The van der Waals surface area contributed by atoms with Gasteiger partial charge in [0.25, 0.3) is 0 Å². The van der Waals surface area contributed by atoms with Crippen molar-refractivity contribution >= 4 is 5.97 Å². The molecular formula is C11H16N2O3. The summed E-state index contributed by atoms with van der Waals surface area (Å²) in [5.74, 6) is -0.246. The van der Waals surface area contributed by atoms with Gasteiger partial charge in [-0.25, -0.2) is 4.68 Å².